The van der Waals surface area contributed by atoms with Gasteiger partial charge in [-0.3, -0.25) is 9.21 Å². The highest BCUT2D eigenvalue weighted by molar-refractivity contribution is 7.91. The summed E-state index contributed by atoms with van der Waals surface area (Å²) in [6.45, 7) is 7.67. The maximum Gasteiger partial charge on any atom is 0.301 e. The van der Waals surface area contributed by atoms with Crippen LogP contribution in [0.4, 0.5) is 11.4 Å². The first-order valence-electron chi connectivity index (χ1n) is 11.6. The summed E-state index contributed by atoms with van der Waals surface area (Å²) >= 11 is 0. The second kappa shape index (κ2) is 8.89. The van der Waals surface area contributed by atoms with Crippen LogP contribution < -0.4 is 19.5 Å². The molecule has 0 amide bonds. The number of hydrogen-bond acceptors (Lipinski definition) is 5. The van der Waals surface area contributed by atoms with E-state index in [1.165, 1.54) is 30.2 Å². The van der Waals surface area contributed by atoms with Crippen molar-refractivity contribution in [3.8, 4) is 17.0 Å². The molecule has 9 heteroatoms. The molecule has 0 aliphatic carbocycles. The highest BCUT2D eigenvalue weighted by Crippen LogP contribution is 2.38. The van der Waals surface area contributed by atoms with E-state index >= 15 is 0 Å². The molecule has 2 aromatic carbocycles. The highest BCUT2D eigenvalue weighted by atomic mass is 32.2. The maximum absolute atomic E-state index is 12.1. The van der Waals surface area contributed by atoms with Crippen LogP contribution >= 0.6 is 0 Å². The Bertz CT molecular complexity index is 1250. The topological polar surface area (TPSA) is 92.8 Å². The predicted octanol–water partition coefficient (Wildman–Crippen LogP) is 3.04. The van der Waals surface area contributed by atoms with Gasteiger partial charge in [0.05, 0.1) is 22.6 Å². The van der Waals surface area contributed by atoms with E-state index in [0.717, 1.165) is 46.7 Å². The minimum absolute atomic E-state index is 0.420. The van der Waals surface area contributed by atoms with Crippen molar-refractivity contribution in [1.82, 2.24) is 14.2 Å². The van der Waals surface area contributed by atoms with Gasteiger partial charge >= 0.3 is 10.2 Å². The van der Waals surface area contributed by atoms with Gasteiger partial charge in [0.1, 0.15) is 12.4 Å². The number of hydrogen-bond donors (Lipinski definition) is 2. The Morgan fingerprint density at radius 3 is 2.48 bits per heavy atom. The van der Waals surface area contributed by atoms with E-state index in [1.807, 2.05) is 36.4 Å². The molecular weight excluding hydrogens is 438 g/mol. The maximum atomic E-state index is 12.1. The van der Waals surface area contributed by atoms with Crippen LogP contribution in [0.3, 0.4) is 0 Å². The smallest absolute Gasteiger partial charge is 0.301 e. The van der Waals surface area contributed by atoms with Gasteiger partial charge in [-0.2, -0.15) is 13.1 Å². The van der Waals surface area contributed by atoms with Crippen LogP contribution in [-0.4, -0.2) is 57.2 Å². The Morgan fingerprint density at radius 2 is 1.82 bits per heavy atom. The van der Waals surface area contributed by atoms with Gasteiger partial charge in [-0.15, -0.1) is 0 Å². The number of likely N-dealkylation sites (tertiary alicyclic amines) is 1. The number of anilines is 2. The molecule has 3 aromatic rings. The quantitative estimate of drug-likeness (QED) is 0.555. The van der Waals surface area contributed by atoms with E-state index in [-0.39, 0.29) is 0 Å². The lowest BCUT2D eigenvalue weighted by molar-refractivity contribution is 0.238. The lowest BCUT2D eigenvalue weighted by Gasteiger charge is -2.16. The second-order valence-electron chi connectivity index (χ2n) is 8.60. The van der Waals surface area contributed by atoms with Crippen LogP contribution in [-0.2, 0) is 16.8 Å². The van der Waals surface area contributed by atoms with Crippen LogP contribution in [0.1, 0.15) is 19.8 Å². The first kappa shape index (κ1) is 22.1. The Hall–Kier alpha value is -2.75. The average Bonchev–Trinajstić information content (AvgIpc) is 3.52. The summed E-state index contributed by atoms with van der Waals surface area (Å²) in [5.41, 5.74) is 10.9. The fourth-order valence-electron chi connectivity index (χ4n) is 4.91. The summed E-state index contributed by atoms with van der Waals surface area (Å²) in [7, 11) is -3.44. The van der Waals surface area contributed by atoms with Crippen molar-refractivity contribution in [2.24, 2.45) is 0 Å². The van der Waals surface area contributed by atoms with Crippen molar-refractivity contribution < 1.29 is 13.2 Å². The molecule has 0 atom stereocenters. The van der Waals surface area contributed by atoms with E-state index in [4.69, 9.17) is 10.5 Å². The van der Waals surface area contributed by atoms with Crippen molar-refractivity contribution in [2.75, 3.05) is 49.4 Å². The molecule has 3 N–H and O–H groups in total. The number of ether oxygens (including phenoxy) is 1. The van der Waals surface area contributed by atoms with Crippen LogP contribution in [0.15, 0.2) is 42.5 Å². The largest absolute Gasteiger partial charge is 0.492 e. The molecule has 0 unspecified atom stereocenters. The van der Waals surface area contributed by atoms with Gasteiger partial charge in [-0.25, -0.2) is 0 Å². The van der Waals surface area contributed by atoms with Crippen molar-refractivity contribution in [1.29, 1.82) is 0 Å². The number of aryl methyl sites for hydroxylation is 1. The minimum atomic E-state index is -3.44. The zero-order valence-corrected chi connectivity index (χ0v) is 19.8. The molecule has 33 heavy (non-hydrogen) atoms. The van der Waals surface area contributed by atoms with Crippen LogP contribution in [0.5, 0.6) is 5.75 Å². The van der Waals surface area contributed by atoms with Crippen LogP contribution in [0.2, 0.25) is 0 Å². The molecule has 8 nitrogen and oxygen atoms in total. The van der Waals surface area contributed by atoms with E-state index in [9.17, 15) is 8.42 Å². The van der Waals surface area contributed by atoms with Crippen LogP contribution in [0.25, 0.3) is 22.2 Å². The number of aromatic nitrogens is 1. The number of rotatable bonds is 7. The number of fused-ring (bicyclic) bond motifs is 1. The third kappa shape index (κ3) is 4.16. The van der Waals surface area contributed by atoms with Crippen molar-refractivity contribution >= 4 is 32.5 Å². The number of nitrogens with one attached hydrogen (secondary N) is 1. The Balaban J connectivity index is 1.42. The Labute approximate surface area is 195 Å². The van der Waals surface area contributed by atoms with Crippen molar-refractivity contribution in [3.05, 3.63) is 42.5 Å². The normalized spacial score (nSPS) is 18.4. The molecule has 2 fully saturated rings. The standard InChI is InChI=1S/C24H31N5O3S/c1-2-28-22-17-20(32-16-15-27-12-3-4-13-27)9-10-21(22)23(25)24(28)18-5-7-19(8-6-18)29-14-11-26-33(29,30)31/h5-10,17,26H,2-4,11-16,25H2,1H3. The lowest BCUT2D eigenvalue weighted by Crippen LogP contribution is -2.29. The summed E-state index contributed by atoms with van der Waals surface area (Å²) in [5.74, 6) is 0.850. The third-order valence-corrected chi connectivity index (χ3v) is 8.13. The second-order valence-corrected chi connectivity index (χ2v) is 10.3. The van der Waals surface area contributed by atoms with Crippen molar-refractivity contribution in [3.63, 3.8) is 0 Å². The SMILES string of the molecule is CCn1c(-c2ccc(N3CCNS3(=O)=O)cc2)c(N)c2ccc(OCCN3CCCC3)cc21. The average molecular weight is 470 g/mol. The molecule has 2 saturated heterocycles. The Morgan fingerprint density at radius 1 is 1.06 bits per heavy atom. The summed E-state index contributed by atoms with van der Waals surface area (Å²) in [6, 6.07) is 13.6. The number of nitrogens with zero attached hydrogens (tertiary/aromatic N) is 3. The molecule has 0 saturated carbocycles. The molecule has 1 aromatic heterocycles. The molecule has 176 valence electrons. The molecule has 0 radical (unpaired) electrons. The fourth-order valence-corrected chi connectivity index (χ4v) is 6.15. The lowest BCUT2D eigenvalue weighted by atomic mass is 10.1. The molecule has 0 bridgehead atoms. The minimum Gasteiger partial charge on any atom is -0.492 e. The number of benzene rings is 2. The van der Waals surface area contributed by atoms with E-state index in [0.29, 0.717) is 25.4 Å². The van der Waals surface area contributed by atoms with Gasteiger partial charge in [-0.05, 0) is 57.1 Å². The monoisotopic (exact) mass is 469 g/mol. The summed E-state index contributed by atoms with van der Waals surface area (Å²) in [5, 5.41) is 0.995. The molecular formula is C24H31N5O3S. The molecule has 5 rings (SSSR count). The number of nitrogens with two attached hydrogens (primary N) is 1. The van der Waals surface area contributed by atoms with Gasteiger partial charge in [0.15, 0.2) is 0 Å². The fraction of sp³-hybridized carbons (Fsp3) is 0.417. The first-order chi connectivity index (χ1) is 16.0. The molecule has 3 heterocycles. The Kier molecular flexibility index (Phi) is 5.94. The third-order valence-electron chi connectivity index (χ3n) is 6.58. The first-order valence-corrected chi connectivity index (χ1v) is 13.1. The predicted molar refractivity (Wildman–Crippen MR) is 133 cm³/mol. The van der Waals surface area contributed by atoms with Gasteiger partial charge in [-0.1, -0.05) is 12.1 Å². The molecule has 2 aliphatic rings. The van der Waals surface area contributed by atoms with Gasteiger partial charge in [0, 0.05) is 43.2 Å². The summed E-state index contributed by atoms with van der Waals surface area (Å²) in [4.78, 5) is 2.44. The van der Waals surface area contributed by atoms with Crippen molar-refractivity contribution in [2.45, 2.75) is 26.3 Å². The molecule has 0 spiro atoms. The van der Waals surface area contributed by atoms with E-state index < -0.39 is 10.2 Å². The zero-order chi connectivity index (χ0) is 23.0. The number of nitrogen functional groups attached to an aromatic ring is 1. The van der Waals surface area contributed by atoms with Gasteiger partial charge < -0.3 is 15.0 Å². The van der Waals surface area contributed by atoms with Gasteiger partial charge in [0.25, 0.3) is 0 Å². The van der Waals surface area contributed by atoms with Gasteiger partial charge in [0.2, 0.25) is 0 Å². The summed E-state index contributed by atoms with van der Waals surface area (Å²) in [6.07, 6.45) is 2.56. The van der Waals surface area contributed by atoms with E-state index in [2.05, 4.69) is 27.2 Å². The molecule has 2 aliphatic heterocycles. The summed E-state index contributed by atoms with van der Waals surface area (Å²) < 4.78 is 36.5. The van der Waals surface area contributed by atoms with Crippen LogP contribution in [0, 0.1) is 0 Å². The highest BCUT2D eigenvalue weighted by Gasteiger charge is 2.28. The zero-order valence-electron chi connectivity index (χ0n) is 19.0. The van der Waals surface area contributed by atoms with E-state index in [1.54, 1.807) is 0 Å².